The van der Waals surface area contributed by atoms with Gasteiger partial charge < -0.3 is 9.64 Å². The van der Waals surface area contributed by atoms with Crippen molar-refractivity contribution in [2.24, 2.45) is 4.99 Å². The Morgan fingerprint density at radius 1 is 1.00 bits per heavy atom. The summed E-state index contributed by atoms with van der Waals surface area (Å²) >= 11 is 6.32. The van der Waals surface area contributed by atoms with Gasteiger partial charge in [0.2, 0.25) is 0 Å². The van der Waals surface area contributed by atoms with Gasteiger partial charge in [0.1, 0.15) is 0 Å². The Hall–Kier alpha value is -2.62. The summed E-state index contributed by atoms with van der Waals surface area (Å²) in [7, 11) is 2.10. The largest absolute Gasteiger partial charge is 0.371 e. The Morgan fingerprint density at radius 2 is 1.71 bits per heavy atom. The van der Waals surface area contributed by atoms with E-state index in [1.807, 2.05) is 48.5 Å². The minimum atomic E-state index is 0.00717. The molecule has 1 aliphatic rings. The van der Waals surface area contributed by atoms with Crippen LogP contribution < -0.4 is 4.90 Å². The highest BCUT2D eigenvalue weighted by Crippen LogP contribution is 2.28. The van der Waals surface area contributed by atoms with Crippen LogP contribution in [0.15, 0.2) is 83.9 Å². The lowest BCUT2D eigenvalue weighted by molar-refractivity contribution is 0.0518. The fraction of sp³-hybridized carbons (Fsp3) is 0.208. The van der Waals surface area contributed by atoms with Crippen LogP contribution in [0, 0.1) is 0 Å². The number of rotatable bonds is 4. The van der Waals surface area contributed by atoms with E-state index in [1.165, 1.54) is 5.56 Å². The third-order valence-corrected chi connectivity index (χ3v) is 5.17. The van der Waals surface area contributed by atoms with Crippen LogP contribution in [0.4, 0.5) is 5.69 Å². The first-order valence-electron chi connectivity index (χ1n) is 9.47. The molecule has 1 heterocycles. The van der Waals surface area contributed by atoms with Gasteiger partial charge in [-0.25, -0.2) is 0 Å². The monoisotopic (exact) mass is 390 g/mol. The second kappa shape index (κ2) is 8.59. The van der Waals surface area contributed by atoms with Crippen molar-refractivity contribution in [2.45, 2.75) is 12.7 Å². The number of ether oxygens (including phenoxy) is 1. The number of nitrogens with zero attached hydrogens (tertiary/aromatic N) is 2. The number of aliphatic imine (C=N–C) groups is 1. The summed E-state index contributed by atoms with van der Waals surface area (Å²) in [6, 6.07) is 26.5. The van der Waals surface area contributed by atoms with E-state index in [0.717, 1.165) is 29.1 Å². The molecule has 0 amide bonds. The van der Waals surface area contributed by atoms with E-state index in [9.17, 15) is 0 Å². The Kier molecular flexibility index (Phi) is 5.75. The van der Waals surface area contributed by atoms with E-state index < -0.39 is 0 Å². The summed E-state index contributed by atoms with van der Waals surface area (Å²) in [5.41, 5.74) is 5.38. The van der Waals surface area contributed by atoms with E-state index in [4.69, 9.17) is 21.3 Å². The lowest BCUT2D eigenvalue weighted by atomic mass is 9.99. The maximum Gasteiger partial charge on any atom is 0.0949 e. The molecule has 3 aromatic carbocycles. The van der Waals surface area contributed by atoms with Crippen LogP contribution in [-0.2, 0) is 11.3 Å². The summed E-state index contributed by atoms with van der Waals surface area (Å²) in [5, 5.41) is 0.716. The molecule has 1 atom stereocenters. The Morgan fingerprint density at radius 3 is 2.46 bits per heavy atom. The van der Waals surface area contributed by atoms with Gasteiger partial charge in [0.05, 0.1) is 25.0 Å². The van der Waals surface area contributed by atoms with Gasteiger partial charge in [0, 0.05) is 35.4 Å². The van der Waals surface area contributed by atoms with Crippen LogP contribution in [0.3, 0.4) is 0 Å². The van der Waals surface area contributed by atoms with Crippen LogP contribution in [-0.4, -0.2) is 32.0 Å². The molecule has 0 N–H and O–H groups in total. The SMILES string of the molecule is CN1CC(OCc2ccccc2)C/N=C(/c2ccccc2)c2cc(Cl)ccc21. The number of anilines is 1. The fourth-order valence-corrected chi connectivity index (χ4v) is 3.68. The first-order valence-corrected chi connectivity index (χ1v) is 9.85. The predicted octanol–water partition coefficient (Wildman–Crippen LogP) is 5.21. The normalized spacial score (nSPS) is 18.6. The third-order valence-electron chi connectivity index (χ3n) is 4.93. The van der Waals surface area contributed by atoms with E-state index in [1.54, 1.807) is 0 Å². The van der Waals surface area contributed by atoms with Gasteiger partial charge in [0.25, 0.3) is 0 Å². The number of hydrogen-bond donors (Lipinski definition) is 0. The van der Waals surface area contributed by atoms with Gasteiger partial charge in [-0.2, -0.15) is 0 Å². The molecule has 3 nitrogen and oxygen atoms in total. The second-order valence-corrected chi connectivity index (χ2v) is 7.45. The van der Waals surface area contributed by atoms with E-state index in [0.29, 0.717) is 18.2 Å². The summed E-state index contributed by atoms with van der Waals surface area (Å²) in [5.74, 6) is 0. The molecule has 0 saturated carbocycles. The first kappa shape index (κ1) is 18.7. The number of hydrogen-bond acceptors (Lipinski definition) is 3. The summed E-state index contributed by atoms with van der Waals surface area (Å²) in [6.07, 6.45) is 0.00717. The average Bonchev–Trinajstić information content (AvgIpc) is 2.72. The van der Waals surface area contributed by atoms with Crippen molar-refractivity contribution >= 4 is 23.0 Å². The molecule has 0 radical (unpaired) electrons. The molecular formula is C24H23ClN2O. The Balaban J connectivity index is 1.66. The second-order valence-electron chi connectivity index (χ2n) is 7.02. The van der Waals surface area contributed by atoms with Gasteiger partial charge in [-0.15, -0.1) is 0 Å². The highest BCUT2D eigenvalue weighted by atomic mass is 35.5. The lowest BCUT2D eigenvalue weighted by Gasteiger charge is -2.30. The maximum atomic E-state index is 6.32. The van der Waals surface area contributed by atoms with Crippen LogP contribution in [0.5, 0.6) is 0 Å². The molecule has 4 rings (SSSR count). The van der Waals surface area contributed by atoms with Crippen molar-refractivity contribution in [2.75, 3.05) is 25.0 Å². The van der Waals surface area contributed by atoms with E-state index in [-0.39, 0.29) is 6.10 Å². The molecule has 28 heavy (non-hydrogen) atoms. The molecule has 0 spiro atoms. The van der Waals surface area contributed by atoms with Crippen molar-refractivity contribution in [3.63, 3.8) is 0 Å². The number of fused-ring (bicyclic) bond motifs is 1. The minimum Gasteiger partial charge on any atom is -0.371 e. The van der Waals surface area contributed by atoms with Crippen LogP contribution >= 0.6 is 11.6 Å². The minimum absolute atomic E-state index is 0.00717. The lowest BCUT2D eigenvalue weighted by Crippen LogP contribution is -2.36. The zero-order valence-electron chi connectivity index (χ0n) is 15.9. The smallest absolute Gasteiger partial charge is 0.0949 e. The van der Waals surface area contributed by atoms with Crippen molar-refractivity contribution in [1.82, 2.24) is 0 Å². The van der Waals surface area contributed by atoms with Crippen LogP contribution in [0.25, 0.3) is 0 Å². The molecule has 0 saturated heterocycles. The first-order chi connectivity index (χ1) is 13.7. The zero-order chi connectivity index (χ0) is 19.3. The van der Waals surface area contributed by atoms with Gasteiger partial charge in [0.15, 0.2) is 0 Å². The molecular weight excluding hydrogens is 368 g/mol. The van der Waals surface area contributed by atoms with E-state index in [2.05, 4.69) is 42.3 Å². The van der Waals surface area contributed by atoms with Crippen molar-refractivity contribution in [3.8, 4) is 0 Å². The fourth-order valence-electron chi connectivity index (χ4n) is 3.51. The molecule has 1 unspecified atom stereocenters. The molecule has 0 aliphatic carbocycles. The van der Waals surface area contributed by atoms with Crippen LogP contribution in [0.1, 0.15) is 16.7 Å². The maximum absolute atomic E-state index is 6.32. The Bertz CT molecular complexity index is 957. The number of likely N-dealkylation sites (N-methyl/N-ethyl adjacent to an activating group) is 1. The molecule has 3 aromatic rings. The molecule has 0 bridgehead atoms. The van der Waals surface area contributed by atoms with Crippen molar-refractivity contribution < 1.29 is 4.74 Å². The van der Waals surface area contributed by atoms with Gasteiger partial charge in [-0.1, -0.05) is 72.3 Å². The quantitative estimate of drug-likeness (QED) is 0.610. The highest BCUT2D eigenvalue weighted by molar-refractivity contribution is 6.31. The zero-order valence-corrected chi connectivity index (χ0v) is 16.6. The standard InChI is InChI=1S/C24H23ClN2O/c1-27-16-21(28-17-18-8-4-2-5-9-18)15-26-24(19-10-6-3-7-11-19)22-14-20(25)12-13-23(22)27/h2-14,21H,15-17H2,1H3/b26-24-. The van der Waals surface area contributed by atoms with Crippen molar-refractivity contribution in [1.29, 1.82) is 0 Å². The Labute approximate surface area is 171 Å². The summed E-state index contributed by atoms with van der Waals surface area (Å²) in [6.45, 7) is 1.96. The molecule has 1 aliphatic heterocycles. The van der Waals surface area contributed by atoms with Crippen molar-refractivity contribution in [3.05, 3.63) is 101 Å². The molecule has 142 valence electrons. The topological polar surface area (TPSA) is 24.8 Å². The third kappa shape index (κ3) is 4.27. The highest BCUT2D eigenvalue weighted by Gasteiger charge is 2.22. The van der Waals surface area contributed by atoms with Gasteiger partial charge in [-0.05, 0) is 23.8 Å². The van der Waals surface area contributed by atoms with Crippen LogP contribution in [0.2, 0.25) is 5.02 Å². The number of benzene rings is 3. The van der Waals surface area contributed by atoms with E-state index >= 15 is 0 Å². The molecule has 4 heteroatoms. The number of halogens is 1. The summed E-state index contributed by atoms with van der Waals surface area (Å²) < 4.78 is 6.22. The molecule has 0 aromatic heterocycles. The summed E-state index contributed by atoms with van der Waals surface area (Å²) in [4.78, 5) is 7.21. The molecule has 0 fully saturated rings. The van der Waals surface area contributed by atoms with Gasteiger partial charge >= 0.3 is 0 Å². The average molecular weight is 391 g/mol. The van der Waals surface area contributed by atoms with Gasteiger partial charge in [-0.3, -0.25) is 4.99 Å². The predicted molar refractivity (Wildman–Crippen MR) is 117 cm³/mol.